The first-order valence-corrected chi connectivity index (χ1v) is 12.3. The molecule has 0 fully saturated rings. The molecule has 0 aromatic heterocycles. The smallest absolute Gasteiger partial charge is 0.258 e. The molecule has 2 aromatic rings. The predicted octanol–water partition coefficient (Wildman–Crippen LogP) is 7.14. The van der Waals surface area contributed by atoms with Crippen molar-refractivity contribution in [1.82, 2.24) is 0 Å². The highest BCUT2D eigenvalue weighted by atomic mass is 32.2. The number of aryl methyl sites for hydroxylation is 2. The fourth-order valence-electron chi connectivity index (χ4n) is 3.65. The third-order valence-corrected chi connectivity index (χ3v) is 6.50. The van der Waals surface area contributed by atoms with Crippen LogP contribution in [0.3, 0.4) is 0 Å². The minimum absolute atomic E-state index is 0.236. The molecular formula is C24H32N2O4S. The Kier molecular flexibility index (Phi) is 11.7. The number of thioether (sulfide) groups is 1. The Hall–Kier alpha value is -2.41. The molecule has 0 saturated heterocycles. The zero-order chi connectivity index (χ0) is 22.3. The summed E-state index contributed by atoms with van der Waals surface area (Å²) in [5.41, 5.74) is 2.15. The molecule has 0 atom stereocenters. The van der Waals surface area contributed by atoms with Gasteiger partial charge in [-0.05, 0) is 50.0 Å². The van der Waals surface area contributed by atoms with Crippen LogP contribution >= 0.6 is 11.8 Å². The molecule has 168 valence electrons. The lowest BCUT2D eigenvalue weighted by Crippen LogP contribution is -1.95. The highest BCUT2D eigenvalue weighted by molar-refractivity contribution is 7.99. The van der Waals surface area contributed by atoms with E-state index >= 15 is 0 Å². The number of nitro benzene ring substituents is 2. The molecular weight excluding hydrogens is 412 g/mol. The van der Waals surface area contributed by atoms with Crippen LogP contribution in [-0.2, 0) is 12.8 Å². The zero-order valence-corrected chi connectivity index (χ0v) is 18.9. The van der Waals surface area contributed by atoms with Crippen LogP contribution < -0.4 is 0 Å². The molecule has 0 aliphatic rings. The van der Waals surface area contributed by atoms with Gasteiger partial charge in [0, 0.05) is 23.3 Å². The monoisotopic (exact) mass is 444 g/mol. The summed E-state index contributed by atoms with van der Waals surface area (Å²) in [5.74, 6) is 2.34. The minimum atomic E-state index is -0.294. The van der Waals surface area contributed by atoms with Crippen molar-refractivity contribution in [3.63, 3.8) is 0 Å². The van der Waals surface area contributed by atoms with Crippen molar-refractivity contribution >= 4 is 23.1 Å². The van der Waals surface area contributed by atoms with Crippen LogP contribution in [0.25, 0.3) is 0 Å². The third-order valence-electron chi connectivity index (χ3n) is 5.35. The van der Waals surface area contributed by atoms with E-state index in [0.717, 1.165) is 49.7 Å². The Morgan fingerprint density at radius 2 is 0.968 bits per heavy atom. The Morgan fingerprint density at radius 1 is 0.581 bits per heavy atom. The summed E-state index contributed by atoms with van der Waals surface area (Å²) in [7, 11) is 0. The summed E-state index contributed by atoms with van der Waals surface area (Å²) >= 11 is 2.00. The number of hydrogen-bond donors (Lipinski definition) is 0. The van der Waals surface area contributed by atoms with E-state index in [9.17, 15) is 20.2 Å². The van der Waals surface area contributed by atoms with E-state index < -0.39 is 0 Å². The van der Waals surface area contributed by atoms with Gasteiger partial charge in [-0.25, -0.2) is 0 Å². The van der Waals surface area contributed by atoms with Gasteiger partial charge in [-0.3, -0.25) is 20.2 Å². The van der Waals surface area contributed by atoms with Gasteiger partial charge in [0.05, 0.1) is 9.85 Å². The van der Waals surface area contributed by atoms with Crippen LogP contribution in [0.5, 0.6) is 0 Å². The number of hydrogen-bond acceptors (Lipinski definition) is 5. The molecule has 0 bridgehead atoms. The lowest BCUT2D eigenvalue weighted by molar-refractivity contribution is -0.385. The van der Waals surface area contributed by atoms with Gasteiger partial charge in [0.25, 0.3) is 11.4 Å². The van der Waals surface area contributed by atoms with Gasteiger partial charge in [0.2, 0.25) is 0 Å². The summed E-state index contributed by atoms with van der Waals surface area (Å²) in [5, 5.41) is 22.0. The highest BCUT2D eigenvalue weighted by Gasteiger charge is 2.12. The van der Waals surface area contributed by atoms with E-state index in [1.165, 1.54) is 37.2 Å². The van der Waals surface area contributed by atoms with E-state index in [4.69, 9.17) is 0 Å². The molecule has 0 aliphatic heterocycles. The normalized spacial score (nSPS) is 10.8. The second-order valence-electron chi connectivity index (χ2n) is 7.71. The van der Waals surface area contributed by atoms with Gasteiger partial charge < -0.3 is 0 Å². The summed E-state index contributed by atoms with van der Waals surface area (Å²) in [6.45, 7) is 0. The average molecular weight is 445 g/mol. The number of nitro groups is 2. The topological polar surface area (TPSA) is 86.3 Å². The molecule has 0 radical (unpaired) electrons. The van der Waals surface area contributed by atoms with E-state index in [1.54, 1.807) is 24.3 Å². The minimum Gasteiger partial charge on any atom is -0.258 e. The molecule has 0 spiro atoms. The number of rotatable bonds is 16. The zero-order valence-electron chi connectivity index (χ0n) is 18.0. The maximum absolute atomic E-state index is 11.0. The first kappa shape index (κ1) is 24.9. The number of benzene rings is 2. The molecule has 31 heavy (non-hydrogen) atoms. The lowest BCUT2D eigenvalue weighted by atomic mass is 10.0. The highest BCUT2D eigenvalue weighted by Crippen LogP contribution is 2.22. The van der Waals surface area contributed by atoms with Crippen molar-refractivity contribution in [2.24, 2.45) is 0 Å². The van der Waals surface area contributed by atoms with Crippen molar-refractivity contribution in [2.45, 2.75) is 64.2 Å². The van der Waals surface area contributed by atoms with E-state index in [2.05, 4.69) is 0 Å². The Bertz CT molecular complexity index is 761. The van der Waals surface area contributed by atoms with Gasteiger partial charge in [0.1, 0.15) is 0 Å². The first-order chi connectivity index (χ1) is 15.1. The molecule has 2 rings (SSSR count). The van der Waals surface area contributed by atoms with Crippen molar-refractivity contribution in [3.05, 3.63) is 79.9 Å². The van der Waals surface area contributed by atoms with Crippen LogP contribution in [0.1, 0.15) is 62.5 Å². The molecule has 0 unspecified atom stereocenters. The SMILES string of the molecule is O=[N+]([O-])c1ccccc1CCCCCCSCCCCCCc1ccccc1[N+](=O)[O-]. The van der Waals surface area contributed by atoms with Gasteiger partial charge in [0.15, 0.2) is 0 Å². The molecule has 6 nitrogen and oxygen atoms in total. The summed E-state index contributed by atoms with van der Waals surface area (Å²) in [6.07, 6.45) is 10.5. The van der Waals surface area contributed by atoms with Gasteiger partial charge in [-0.1, -0.05) is 62.1 Å². The Labute approximate surface area is 188 Å². The van der Waals surface area contributed by atoms with Gasteiger partial charge >= 0.3 is 0 Å². The van der Waals surface area contributed by atoms with Crippen LogP contribution in [0.4, 0.5) is 11.4 Å². The Balaban J connectivity index is 1.43. The third kappa shape index (κ3) is 9.51. The van der Waals surface area contributed by atoms with Crippen molar-refractivity contribution in [1.29, 1.82) is 0 Å². The van der Waals surface area contributed by atoms with Crippen molar-refractivity contribution < 1.29 is 9.85 Å². The molecule has 2 aromatic carbocycles. The molecule has 0 heterocycles. The first-order valence-electron chi connectivity index (χ1n) is 11.1. The van der Waals surface area contributed by atoms with Crippen molar-refractivity contribution in [2.75, 3.05) is 11.5 Å². The van der Waals surface area contributed by atoms with Crippen LogP contribution in [0.2, 0.25) is 0 Å². The second-order valence-corrected chi connectivity index (χ2v) is 8.94. The van der Waals surface area contributed by atoms with Crippen LogP contribution in [0, 0.1) is 20.2 Å². The van der Waals surface area contributed by atoms with E-state index in [-0.39, 0.29) is 21.2 Å². The quantitative estimate of drug-likeness (QED) is 0.156. The molecule has 7 heteroatoms. The second kappa shape index (κ2) is 14.6. The van der Waals surface area contributed by atoms with Crippen LogP contribution in [-0.4, -0.2) is 21.4 Å². The molecule has 0 amide bonds. The number of nitrogens with zero attached hydrogens (tertiary/aromatic N) is 2. The maximum atomic E-state index is 11.0. The van der Waals surface area contributed by atoms with Crippen LogP contribution in [0.15, 0.2) is 48.5 Å². The number of para-hydroxylation sites is 2. The fourth-order valence-corrected chi connectivity index (χ4v) is 4.67. The standard InChI is InChI=1S/C24H32N2O4S/c27-25(28)23-17-9-7-15-21(23)13-5-1-3-11-19-31-20-12-4-2-6-14-22-16-8-10-18-24(22)26(29)30/h7-10,15-18H,1-6,11-14,19-20H2. The summed E-state index contributed by atoms with van der Waals surface area (Å²) in [4.78, 5) is 21.5. The molecule has 0 saturated carbocycles. The summed E-state index contributed by atoms with van der Waals surface area (Å²) in [6, 6.07) is 14.0. The lowest BCUT2D eigenvalue weighted by Gasteiger charge is -2.05. The average Bonchev–Trinajstić information content (AvgIpc) is 2.77. The van der Waals surface area contributed by atoms with Crippen molar-refractivity contribution in [3.8, 4) is 0 Å². The fraction of sp³-hybridized carbons (Fsp3) is 0.500. The number of unbranched alkanes of at least 4 members (excludes halogenated alkanes) is 6. The van der Waals surface area contributed by atoms with Gasteiger partial charge in [-0.15, -0.1) is 0 Å². The Morgan fingerprint density at radius 3 is 1.39 bits per heavy atom. The largest absolute Gasteiger partial charge is 0.272 e. The van der Waals surface area contributed by atoms with E-state index in [0.29, 0.717) is 0 Å². The maximum Gasteiger partial charge on any atom is 0.272 e. The van der Waals surface area contributed by atoms with Gasteiger partial charge in [-0.2, -0.15) is 11.8 Å². The molecule has 0 N–H and O–H groups in total. The molecule has 0 aliphatic carbocycles. The predicted molar refractivity (Wildman–Crippen MR) is 128 cm³/mol. The van der Waals surface area contributed by atoms with E-state index in [1.807, 2.05) is 36.0 Å². The summed E-state index contributed by atoms with van der Waals surface area (Å²) < 4.78 is 0.